The van der Waals surface area contributed by atoms with Crippen LogP contribution >= 0.6 is 0 Å². The van der Waals surface area contributed by atoms with E-state index >= 15 is 0 Å². The summed E-state index contributed by atoms with van der Waals surface area (Å²) >= 11 is 0. The van der Waals surface area contributed by atoms with Crippen LogP contribution in [0, 0.1) is 0 Å². The fourth-order valence-corrected chi connectivity index (χ4v) is 5.57. The van der Waals surface area contributed by atoms with Gasteiger partial charge in [0, 0.05) is 6.61 Å². The van der Waals surface area contributed by atoms with Gasteiger partial charge in [-0.3, -0.25) is 0 Å². The van der Waals surface area contributed by atoms with Gasteiger partial charge >= 0.3 is 0 Å². The van der Waals surface area contributed by atoms with Crippen LogP contribution in [0.4, 0.5) is 0 Å². The normalized spacial score (nSPS) is 25.1. The van der Waals surface area contributed by atoms with Gasteiger partial charge in [0.25, 0.3) is 0 Å². The molecule has 0 spiro atoms. The maximum Gasteiger partial charge on any atom is 0.164 e. The van der Waals surface area contributed by atoms with Gasteiger partial charge in [0.05, 0.1) is 12.7 Å². The zero-order valence-electron chi connectivity index (χ0n) is 21.1. The van der Waals surface area contributed by atoms with E-state index in [0.29, 0.717) is 6.61 Å². The van der Waals surface area contributed by atoms with Crippen LogP contribution in [-0.4, -0.2) is 48.5 Å². The van der Waals surface area contributed by atoms with Crippen molar-refractivity contribution < 1.29 is 24.1 Å². The van der Waals surface area contributed by atoms with Gasteiger partial charge in [-0.15, -0.1) is 0 Å². The highest BCUT2D eigenvalue weighted by molar-refractivity contribution is 5.47. The van der Waals surface area contributed by atoms with E-state index in [-0.39, 0.29) is 31.0 Å². The Bertz CT molecular complexity index is 989. The Morgan fingerprint density at radius 1 is 0.722 bits per heavy atom. The molecule has 190 valence electrons. The number of fused-ring (bicyclic) bond motifs is 1. The fourth-order valence-electron chi connectivity index (χ4n) is 5.57. The minimum atomic E-state index is -0.813. The Balaban J connectivity index is 1.49. The predicted octanol–water partition coefficient (Wildman–Crippen LogP) is 5.45. The minimum Gasteiger partial charge on any atom is -0.396 e. The van der Waals surface area contributed by atoms with Gasteiger partial charge in [0.2, 0.25) is 0 Å². The average molecular weight is 489 g/mol. The SMILES string of the molecule is CC1(C)O[C@@H]2C(COC(c3ccccc3)(c3ccccc3)c3ccccc3)OC(CCCCO)[C@@H]2O1. The molecule has 0 bridgehead atoms. The Morgan fingerprint density at radius 3 is 1.67 bits per heavy atom. The molecule has 4 atom stereocenters. The highest BCUT2D eigenvalue weighted by Gasteiger charge is 2.55. The molecular formula is C31H36O5. The molecule has 2 aliphatic heterocycles. The van der Waals surface area contributed by atoms with Crippen LogP contribution in [0.1, 0.15) is 49.8 Å². The quantitative estimate of drug-likeness (QED) is 0.304. The van der Waals surface area contributed by atoms with E-state index in [0.717, 1.165) is 36.0 Å². The molecule has 2 heterocycles. The zero-order chi connectivity index (χ0) is 25.0. The molecule has 3 aromatic rings. The summed E-state index contributed by atoms with van der Waals surface area (Å²) < 4.78 is 26.1. The van der Waals surface area contributed by atoms with Crippen LogP contribution in [0.3, 0.4) is 0 Å². The third kappa shape index (κ3) is 4.99. The molecule has 2 fully saturated rings. The summed E-state index contributed by atoms with van der Waals surface area (Å²) in [4.78, 5) is 0. The zero-order valence-corrected chi connectivity index (χ0v) is 21.1. The lowest BCUT2D eigenvalue weighted by Gasteiger charge is -2.37. The molecule has 0 radical (unpaired) electrons. The molecule has 0 amide bonds. The second kappa shape index (κ2) is 10.8. The van der Waals surface area contributed by atoms with Gasteiger partial charge in [0.15, 0.2) is 5.79 Å². The molecule has 0 aromatic heterocycles. The highest BCUT2D eigenvalue weighted by atomic mass is 16.8. The van der Waals surface area contributed by atoms with E-state index in [4.69, 9.17) is 18.9 Å². The number of benzene rings is 3. The summed E-state index contributed by atoms with van der Waals surface area (Å²) in [7, 11) is 0. The molecule has 5 nitrogen and oxygen atoms in total. The van der Waals surface area contributed by atoms with Gasteiger partial charge < -0.3 is 24.1 Å². The van der Waals surface area contributed by atoms with Crippen LogP contribution in [-0.2, 0) is 24.5 Å². The Labute approximate surface area is 214 Å². The molecule has 1 N–H and O–H groups in total. The summed E-state index contributed by atoms with van der Waals surface area (Å²) in [5.41, 5.74) is 2.35. The van der Waals surface area contributed by atoms with E-state index < -0.39 is 11.4 Å². The van der Waals surface area contributed by atoms with E-state index in [1.165, 1.54) is 0 Å². The van der Waals surface area contributed by atoms with Gasteiger partial charge in [-0.2, -0.15) is 0 Å². The van der Waals surface area contributed by atoms with Crippen molar-refractivity contribution in [3.05, 3.63) is 108 Å². The minimum absolute atomic E-state index is 0.0866. The number of aliphatic hydroxyl groups excluding tert-OH is 1. The van der Waals surface area contributed by atoms with Gasteiger partial charge in [0.1, 0.15) is 23.9 Å². The molecule has 5 heteroatoms. The van der Waals surface area contributed by atoms with Crippen molar-refractivity contribution in [3.8, 4) is 0 Å². The first-order valence-corrected chi connectivity index (χ1v) is 13.0. The number of hydrogen-bond acceptors (Lipinski definition) is 5. The lowest BCUT2D eigenvalue weighted by Crippen LogP contribution is -2.39. The molecule has 3 aromatic carbocycles. The summed E-state index contributed by atoms with van der Waals surface area (Å²) in [5.74, 6) is -0.665. The van der Waals surface area contributed by atoms with Crippen molar-refractivity contribution in [2.75, 3.05) is 13.2 Å². The lowest BCUT2D eigenvalue weighted by atomic mass is 9.80. The van der Waals surface area contributed by atoms with Crippen LogP contribution < -0.4 is 0 Å². The number of hydrogen-bond donors (Lipinski definition) is 1. The van der Waals surface area contributed by atoms with Crippen LogP contribution in [0.15, 0.2) is 91.0 Å². The van der Waals surface area contributed by atoms with Crippen molar-refractivity contribution in [3.63, 3.8) is 0 Å². The van der Waals surface area contributed by atoms with E-state index in [1.54, 1.807) is 0 Å². The third-order valence-corrected chi connectivity index (χ3v) is 7.15. The van der Waals surface area contributed by atoms with Crippen molar-refractivity contribution >= 4 is 0 Å². The molecule has 2 unspecified atom stereocenters. The Kier molecular flexibility index (Phi) is 7.56. The second-order valence-corrected chi connectivity index (χ2v) is 10.1. The maximum atomic E-state index is 9.24. The van der Waals surface area contributed by atoms with Crippen molar-refractivity contribution in [2.45, 2.75) is 68.9 Å². The third-order valence-electron chi connectivity index (χ3n) is 7.15. The first-order valence-electron chi connectivity index (χ1n) is 13.0. The summed E-state index contributed by atoms with van der Waals surface area (Å²) in [6.45, 7) is 4.44. The van der Waals surface area contributed by atoms with E-state index in [9.17, 15) is 5.11 Å². The maximum absolute atomic E-state index is 9.24. The first kappa shape index (κ1) is 25.1. The topological polar surface area (TPSA) is 57.2 Å². The van der Waals surface area contributed by atoms with Crippen molar-refractivity contribution in [2.24, 2.45) is 0 Å². The van der Waals surface area contributed by atoms with Crippen molar-refractivity contribution in [1.29, 1.82) is 0 Å². The summed E-state index contributed by atoms with van der Waals surface area (Å²) in [6.07, 6.45) is 1.73. The van der Waals surface area contributed by atoms with E-state index in [2.05, 4.69) is 72.8 Å². The fraction of sp³-hybridized carbons (Fsp3) is 0.419. The Morgan fingerprint density at radius 2 is 1.19 bits per heavy atom. The van der Waals surface area contributed by atoms with Crippen molar-refractivity contribution in [1.82, 2.24) is 0 Å². The number of rotatable bonds is 10. The Hall–Kier alpha value is -2.54. The van der Waals surface area contributed by atoms with Crippen LogP contribution in [0.25, 0.3) is 0 Å². The monoisotopic (exact) mass is 488 g/mol. The van der Waals surface area contributed by atoms with Crippen LogP contribution in [0.5, 0.6) is 0 Å². The average Bonchev–Trinajstić information content (AvgIpc) is 3.39. The molecule has 5 rings (SSSR count). The molecule has 0 aliphatic carbocycles. The van der Waals surface area contributed by atoms with Gasteiger partial charge in [-0.05, 0) is 49.8 Å². The highest BCUT2D eigenvalue weighted by Crippen LogP contribution is 2.44. The summed E-state index contributed by atoms with van der Waals surface area (Å²) in [6, 6.07) is 31.1. The van der Waals surface area contributed by atoms with E-state index in [1.807, 2.05) is 32.0 Å². The molecule has 0 saturated carbocycles. The summed E-state index contributed by atoms with van der Waals surface area (Å²) in [5, 5.41) is 9.24. The smallest absolute Gasteiger partial charge is 0.164 e. The van der Waals surface area contributed by atoms with Gasteiger partial charge in [-0.25, -0.2) is 0 Å². The molecule has 2 saturated heterocycles. The predicted molar refractivity (Wildman–Crippen MR) is 139 cm³/mol. The number of aliphatic hydroxyl groups is 1. The van der Waals surface area contributed by atoms with Crippen LogP contribution in [0.2, 0.25) is 0 Å². The molecule has 2 aliphatic rings. The standard InChI is InChI=1S/C31H36O5/c1-30(2)35-28-26(20-12-13-21-32)34-27(29(28)36-30)22-33-31(23-14-6-3-7-15-23,24-16-8-4-9-17-24)25-18-10-5-11-19-25/h3-11,14-19,26-29,32H,12-13,20-22H2,1-2H3/t26?,27?,28-,29+/m0/s1. The van der Waals surface area contributed by atoms with Gasteiger partial charge in [-0.1, -0.05) is 91.0 Å². The number of ether oxygens (including phenoxy) is 4. The molecular weight excluding hydrogens is 452 g/mol. The number of unbranched alkanes of at least 4 members (excludes halogenated alkanes) is 1. The first-order chi connectivity index (χ1) is 17.5. The largest absolute Gasteiger partial charge is 0.396 e. The lowest BCUT2D eigenvalue weighted by molar-refractivity contribution is -0.196. The molecule has 36 heavy (non-hydrogen) atoms. The second-order valence-electron chi connectivity index (χ2n) is 10.1.